The maximum atomic E-state index is 4.58. The van der Waals surface area contributed by atoms with Crippen LogP contribution >= 0.6 is 0 Å². The number of aromatic nitrogens is 3. The van der Waals surface area contributed by atoms with E-state index in [1.165, 1.54) is 5.69 Å². The monoisotopic (exact) mass is 209 g/mol. The second-order valence-corrected chi connectivity index (χ2v) is 3.76. The average Bonchev–Trinajstić information content (AvgIpc) is 2.76. The molecule has 3 heterocycles. The smallest absolute Gasteiger partial charge is 0.137 e. The molecule has 0 unspecified atom stereocenters. The number of hydrogen-bond acceptors (Lipinski definition) is 2. The molecule has 0 bridgehead atoms. The zero-order chi connectivity index (χ0) is 11.0. The summed E-state index contributed by atoms with van der Waals surface area (Å²) < 4.78 is 2.09. The number of rotatable bonds is 1. The lowest BCUT2D eigenvalue weighted by atomic mass is 10.2. The standard InChI is InChI=1S/C13H11N3/c1-10-3-2-4-13-15-12(9-16(10)13)11-5-7-14-8-6-11/h2-9H,1H3. The zero-order valence-electron chi connectivity index (χ0n) is 8.96. The van der Waals surface area contributed by atoms with E-state index in [2.05, 4.69) is 33.6 Å². The fourth-order valence-corrected chi connectivity index (χ4v) is 1.81. The topological polar surface area (TPSA) is 30.2 Å². The third kappa shape index (κ3) is 1.37. The minimum absolute atomic E-state index is 0.979. The van der Waals surface area contributed by atoms with Gasteiger partial charge in [-0.2, -0.15) is 0 Å². The van der Waals surface area contributed by atoms with Crippen LogP contribution in [0.5, 0.6) is 0 Å². The molecule has 3 rings (SSSR count). The van der Waals surface area contributed by atoms with E-state index in [0.717, 1.165) is 16.9 Å². The number of hydrogen-bond donors (Lipinski definition) is 0. The molecular formula is C13H11N3. The Hall–Kier alpha value is -2.16. The van der Waals surface area contributed by atoms with Gasteiger partial charge in [0, 0.05) is 29.8 Å². The minimum atomic E-state index is 0.979. The molecule has 0 aliphatic carbocycles. The Bertz CT molecular complexity index is 626. The van der Waals surface area contributed by atoms with Crippen molar-refractivity contribution >= 4 is 5.65 Å². The second-order valence-electron chi connectivity index (χ2n) is 3.76. The zero-order valence-corrected chi connectivity index (χ0v) is 8.96. The average molecular weight is 209 g/mol. The molecule has 78 valence electrons. The third-order valence-corrected chi connectivity index (χ3v) is 2.67. The Balaban J connectivity index is 2.23. The lowest BCUT2D eigenvalue weighted by molar-refractivity contribution is 1.09. The van der Waals surface area contributed by atoms with E-state index in [0.29, 0.717) is 0 Å². The highest BCUT2D eigenvalue weighted by Crippen LogP contribution is 2.18. The molecule has 0 fully saturated rings. The van der Waals surface area contributed by atoms with Gasteiger partial charge >= 0.3 is 0 Å². The molecule has 16 heavy (non-hydrogen) atoms. The van der Waals surface area contributed by atoms with E-state index in [1.54, 1.807) is 12.4 Å². The van der Waals surface area contributed by atoms with Crippen molar-refractivity contribution in [1.29, 1.82) is 0 Å². The highest BCUT2D eigenvalue weighted by Gasteiger charge is 2.04. The van der Waals surface area contributed by atoms with Crippen LogP contribution in [0.1, 0.15) is 5.69 Å². The lowest BCUT2D eigenvalue weighted by Gasteiger charge is -1.95. The molecule has 3 aromatic heterocycles. The Morgan fingerprint density at radius 1 is 1.06 bits per heavy atom. The van der Waals surface area contributed by atoms with Crippen molar-refractivity contribution in [3.05, 3.63) is 54.6 Å². The molecule has 0 aromatic carbocycles. The summed E-state index contributed by atoms with van der Waals surface area (Å²) in [5, 5.41) is 0. The van der Waals surface area contributed by atoms with Crippen molar-refractivity contribution in [1.82, 2.24) is 14.4 Å². The molecule has 0 N–H and O–H groups in total. The Labute approximate surface area is 93.4 Å². The molecule has 3 heteroatoms. The third-order valence-electron chi connectivity index (χ3n) is 2.67. The molecular weight excluding hydrogens is 198 g/mol. The molecule has 0 saturated carbocycles. The molecule has 0 aliphatic heterocycles. The van der Waals surface area contributed by atoms with Gasteiger partial charge in [-0.25, -0.2) is 4.98 Å². The van der Waals surface area contributed by atoms with Crippen LogP contribution in [0.4, 0.5) is 0 Å². The summed E-state index contributed by atoms with van der Waals surface area (Å²) in [4.78, 5) is 8.59. The van der Waals surface area contributed by atoms with Crippen LogP contribution < -0.4 is 0 Å². The van der Waals surface area contributed by atoms with Gasteiger partial charge in [-0.3, -0.25) is 4.98 Å². The fraction of sp³-hybridized carbons (Fsp3) is 0.0769. The maximum Gasteiger partial charge on any atom is 0.137 e. The molecule has 0 aliphatic rings. The van der Waals surface area contributed by atoms with E-state index in [9.17, 15) is 0 Å². The maximum absolute atomic E-state index is 4.58. The van der Waals surface area contributed by atoms with E-state index >= 15 is 0 Å². The first-order chi connectivity index (χ1) is 7.84. The van der Waals surface area contributed by atoms with E-state index in [4.69, 9.17) is 0 Å². The minimum Gasteiger partial charge on any atom is -0.304 e. The van der Waals surface area contributed by atoms with Crippen LogP contribution in [0.25, 0.3) is 16.9 Å². The van der Waals surface area contributed by atoms with Crippen molar-refractivity contribution < 1.29 is 0 Å². The summed E-state index contributed by atoms with van der Waals surface area (Å²) in [6, 6.07) is 10.0. The van der Waals surface area contributed by atoms with Crippen molar-refractivity contribution in [2.24, 2.45) is 0 Å². The number of aryl methyl sites for hydroxylation is 1. The van der Waals surface area contributed by atoms with Crippen LogP contribution in [-0.2, 0) is 0 Å². The Kier molecular flexibility index (Phi) is 1.96. The summed E-state index contributed by atoms with van der Waals surface area (Å²) in [6.45, 7) is 2.07. The quantitative estimate of drug-likeness (QED) is 0.616. The Morgan fingerprint density at radius 3 is 2.62 bits per heavy atom. The van der Waals surface area contributed by atoms with Gasteiger partial charge in [0.1, 0.15) is 5.65 Å². The van der Waals surface area contributed by atoms with Gasteiger partial charge in [0.2, 0.25) is 0 Å². The number of pyridine rings is 2. The summed E-state index contributed by atoms with van der Waals surface area (Å²) in [5.74, 6) is 0. The van der Waals surface area contributed by atoms with E-state index < -0.39 is 0 Å². The van der Waals surface area contributed by atoms with Crippen LogP contribution in [0.2, 0.25) is 0 Å². The number of imidazole rings is 1. The molecule has 0 saturated heterocycles. The largest absolute Gasteiger partial charge is 0.304 e. The lowest BCUT2D eigenvalue weighted by Crippen LogP contribution is -1.86. The van der Waals surface area contributed by atoms with Crippen molar-refractivity contribution in [3.63, 3.8) is 0 Å². The first kappa shape index (κ1) is 9.09. The normalized spacial score (nSPS) is 10.8. The van der Waals surface area contributed by atoms with Crippen molar-refractivity contribution in [3.8, 4) is 11.3 Å². The van der Waals surface area contributed by atoms with Crippen molar-refractivity contribution in [2.75, 3.05) is 0 Å². The molecule has 3 nitrogen and oxygen atoms in total. The number of fused-ring (bicyclic) bond motifs is 1. The Morgan fingerprint density at radius 2 is 1.88 bits per heavy atom. The first-order valence-corrected chi connectivity index (χ1v) is 5.20. The molecule has 0 amide bonds. The molecule has 0 spiro atoms. The van der Waals surface area contributed by atoms with Gasteiger partial charge in [-0.1, -0.05) is 6.07 Å². The summed E-state index contributed by atoms with van der Waals surface area (Å²) in [5.41, 5.74) is 4.24. The molecule has 0 radical (unpaired) electrons. The van der Waals surface area contributed by atoms with Gasteiger partial charge < -0.3 is 4.40 Å². The van der Waals surface area contributed by atoms with E-state index in [1.807, 2.05) is 24.3 Å². The van der Waals surface area contributed by atoms with Crippen LogP contribution in [0, 0.1) is 6.92 Å². The predicted octanol–water partition coefficient (Wildman–Crippen LogP) is 2.70. The van der Waals surface area contributed by atoms with Gasteiger partial charge in [0.15, 0.2) is 0 Å². The van der Waals surface area contributed by atoms with Gasteiger partial charge in [-0.05, 0) is 31.2 Å². The number of nitrogens with zero attached hydrogens (tertiary/aromatic N) is 3. The first-order valence-electron chi connectivity index (χ1n) is 5.20. The van der Waals surface area contributed by atoms with Gasteiger partial charge in [-0.15, -0.1) is 0 Å². The highest BCUT2D eigenvalue weighted by atomic mass is 15.0. The predicted molar refractivity (Wildman–Crippen MR) is 63.2 cm³/mol. The highest BCUT2D eigenvalue weighted by molar-refractivity contribution is 5.62. The van der Waals surface area contributed by atoms with Gasteiger partial charge in [0.05, 0.1) is 5.69 Å². The van der Waals surface area contributed by atoms with Crippen LogP contribution in [0.15, 0.2) is 48.9 Å². The van der Waals surface area contributed by atoms with E-state index in [-0.39, 0.29) is 0 Å². The van der Waals surface area contributed by atoms with Gasteiger partial charge in [0.25, 0.3) is 0 Å². The summed E-state index contributed by atoms with van der Waals surface area (Å²) >= 11 is 0. The summed E-state index contributed by atoms with van der Waals surface area (Å²) in [6.07, 6.45) is 5.62. The SMILES string of the molecule is Cc1cccc2nc(-c3ccncc3)cn12. The fourth-order valence-electron chi connectivity index (χ4n) is 1.81. The summed E-state index contributed by atoms with van der Waals surface area (Å²) in [7, 11) is 0. The second kappa shape index (κ2) is 3.45. The van der Waals surface area contributed by atoms with Crippen LogP contribution in [-0.4, -0.2) is 14.4 Å². The molecule has 3 aromatic rings. The van der Waals surface area contributed by atoms with Crippen molar-refractivity contribution in [2.45, 2.75) is 6.92 Å². The van der Waals surface area contributed by atoms with Crippen LogP contribution in [0.3, 0.4) is 0 Å². The molecule has 0 atom stereocenters.